The number of ether oxygens (including phenoxy) is 1. The van der Waals surface area contributed by atoms with E-state index in [-0.39, 0.29) is 12.0 Å². The molecule has 0 aromatic heterocycles. The molecule has 3 heteroatoms. The summed E-state index contributed by atoms with van der Waals surface area (Å²) >= 11 is 0. The highest BCUT2D eigenvalue weighted by molar-refractivity contribution is 5.81. The lowest BCUT2D eigenvalue weighted by Crippen LogP contribution is -2.48. The molecule has 1 atom stereocenters. The zero-order chi connectivity index (χ0) is 14.7. The lowest BCUT2D eigenvalue weighted by atomic mass is 10.1. The van der Waals surface area contributed by atoms with E-state index in [1.807, 2.05) is 0 Å². The molecule has 1 aliphatic heterocycles. The van der Waals surface area contributed by atoms with Crippen molar-refractivity contribution in [1.29, 1.82) is 0 Å². The zero-order valence-corrected chi connectivity index (χ0v) is 12.9. The van der Waals surface area contributed by atoms with Gasteiger partial charge in [-0.3, -0.25) is 4.79 Å². The number of hydrogen-bond donors (Lipinski definition) is 0. The predicted molar refractivity (Wildman–Crippen MR) is 83.2 cm³/mol. The van der Waals surface area contributed by atoms with Crippen LogP contribution >= 0.6 is 0 Å². The average molecular weight is 287 g/mol. The highest BCUT2D eigenvalue weighted by atomic mass is 16.5. The van der Waals surface area contributed by atoms with Gasteiger partial charge in [-0.2, -0.15) is 0 Å². The van der Waals surface area contributed by atoms with Gasteiger partial charge in [-0.25, -0.2) is 0 Å². The van der Waals surface area contributed by atoms with Gasteiger partial charge in [-0.15, -0.1) is 0 Å². The van der Waals surface area contributed by atoms with Gasteiger partial charge in [0, 0.05) is 19.2 Å². The molecule has 1 aliphatic carbocycles. The normalized spacial score (nSPS) is 22.0. The third-order valence-corrected chi connectivity index (χ3v) is 4.67. The third-order valence-electron chi connectivity index (χ3n) is 4.67. The van der Waals surface area contributed by atoms with Gasteiger partial charge in [0.05, 0.1) is 0 Å². The third kappa shape index (κ3) is 3.13. The highest BCUT2D eigenvalue weighted by Gasteiger charge is 2.33. The summed E-state index contributed by atoms with van der Waals surface area (Å²) in [5.74, 6) is 0.217. The monoisotopic (exact) mass is 287 g/mol. The Bertz CT molecular complexity index is 469. The first-order chi connectivity index (χ1) is 10.3. The Labute approximate surface area is 127 Å². The van der Waals surface area contributed by atoms with Crippen LogP contribution in [0.3, 0.4) is 0 Å². The smallest absolute Gasteiger partial charge is 0.251 e. The maximum absolute atomic E-state index is 12.8. The molecule has 1 unspecified atom stereocenters. The van der Waals surface area contributed by atoms with Crippen molar-refractivity contribution < 1.29 is 9.53 Å². The molecule has 0 saturated carbocycles. The fourth-order valence-electron chi connectivity index (χ4n) is 3.59. The second-order valence-corrected chi connectivity index (χ2v) is 6.22. The van der Waals surface area contributed by atoms with E-state index in [4.69, 9.17) is 4.74 Å². The van der Waals surface area contributed by atoms with Gasteiger partial charge in [0.15, 0.2) is 0 Å². The lowest BCUT2D eigenvalue weighted by Gasteiger charge is -2.33. The summed E-state index contributed by atoms with van der Waals surface area (Å²) in [5, 5.41) is 0. The summed E-state index contributed by atoms with van der Waals surface area (Å²) in [4.78, 5) is 14.9. The molecule has 0 spiro atoms. The quantitative estimate of drug-likeness (QED) is 0.852. The first kappa shape index (κ1) is 14.6. The minimum atomic E-state index is -0.200. The minimum Gasteiger partial charge on any atom is -0.368 e. The molecule has 0 radical (unpaired) electrons. The molecule has 3 nitrogen and oxygen atoms in total. The van der Waals surface area contributed by atoms with Crippen molar-refractivity contribution in [2.45, 2.75) is 57.6 Å². The number of carbonyl (C=O) groups is 1. The number of fused-ring (bicyclic) bond motifs is 1. The second-order valence-electron chi connectivity index (χ2n) is 6.22. The van der Waals surface area contributed by atoms with Crippen molar-refractivity contribution in [3.63, 3.8) is 0 Å². The van der Waals surface area contributed by atoms with E-state index in [0.29, 0.717) is 6.04 Å². The Kier molecular flexibility index (Phi) is 4.59. The summed E-state index contributed by atoms with van der Waals surface area (Å²) in [6.45, 7) is 3.72. The Morgan fingerprint density at radius 3 is 2.52 bits per heavy atom. The molecule has 1 heterocycles. The van der Waals surface area contributed by atoms with Gasteiger partial charge >= 0.3 is 0 Å². The summed E-state index contributed by atoms with van der Waals surface area (Å²) in [6, 6.07) is 8.90. The molecule has 0 bridgehead atoms. The second kappa shape index (κ2) is 6.61. The Morgan fingerprint density at radius 2 is 1.95 bits per heavy atom. The summed E-state index contributed by atoms with van der Waals surface area (Å²) in [5.41, 5.74) is 2.81. The Morgan fingerprint density at radius 1 is 1.24 bits per heavy atom. The highest BCUT2D eigenvalue weighted by Crippen LogP contribution is 2.27. The first-order valence-corrected chi connectivity index (χ1v) is 8.28. The fraction of sp³-hybridized carbons (Fsp3) is 0.611. The van der Waals surface area contributed by atoms with Crippen LogP contribution in [-0.2, 0) is 22.4 Å². The van der Waals surface area contributed by atoms with Crippen LogP contribution in [0, 0.1) is 0 Å². The number of nitrogens with zero attached hydrogens (tertiary/aromatic N) is 1. The van der Waals surface area contributed by atoms with Crippen LogP contribution in [0.2, 0.25) is 0 Å². The molecule has 1 saturated heterocycles. The molecule has 1 aromatic rings. The van der Waals surface area contributed by atoms with Crippen LogP contribution in [0.4, 0.5) is 0 Å². The summed E-state index contributed by atoms with van der Waals surface area (Å²) < 4.78 is 5.71. The maximum atomic E-state index is 12.8. The van der Waals surface area contributed by atoms with Gasteiger partial charge in [-0.05, 0) is 49.7 Å². The molecule has 21 heavy (non-hydrogen) atoms. The van der Waals surface area contributed by atoms with Crippen molar-refractivity contribution in [1.82, 2.24) is 4.90 Å². The molecule has 114 valence electrons. The Hall–Kier alpha value is -1.35. The topological polar surface area (TPSA) is 29.5 Å². The van der Waals surface area contributed by atoms with Crippen molar-refractivity contribution in [2.75, 3.05) is 13.2 Å². The lowest BCUT2D eigenvalue weighted by molar-refractivity contribution is -0.148. The van der Waals surface area contributed by atoms with Crippen LogP contribution in [-0.4, -0.2) is 36.1 Å². The van der Waals surface area contributed by atoms with E-state index in [2.05, 4.69) is 36.1 Å². The maximum Gasteiger partial charge on any atom is 0.251 e. The van der Waals surface area contributed by atoms with Crippen LogP contribution in [0.15, 0.2) is 24.3 Å². The number of benzene rings is 1. The van der Waals surface area contributed by atoms with E-state index in [0.717, 1.165) is 51.7 Å². The molecule has 1 aromatic carbocycles. The van der Waals surface area contributed by atoms with Crippen LogP contribution in [0.5, 0.6) is 0 Å². The standard InChI is InChI=1S/C18H25NO2/c1-2-10-19(18(20)17-9-5-6-11-21-17)16-12-14-7-3-4-8-15(14)13-16/h3-4,7-8,16-17H,2,5-6,9-13H2,1H3. The average Bonchev–Trinajstić information content (AvgIpc) is 2.96. The van der Waals surface area contributed by atoms with E-state index < -0.39 is 0 Å². The molecule has 3 rings (SSSR count). The fourth-order valence-corrected chi connectivity index (χ4v) is 3.59. The molecule has 1 fully saturated rings. The van der Waals surface area contributed by atoms with Crippen LogP contribution < -0.4 is 0 Å². The summed E-state index contributed by atoms with van der Waals surface area (Å²) in [7, 11) is 0. The SMILES string of the molecule is CCCN(C(=O)C1CCCCO1)C1Cc2ccccc2C1. The van der Waals surface area contributed by atoms with E-state index in [1.165, 1.54) is 11.1 Å². The number of hydrogen-bond acceptors (Lipinski definition) is 2. The van der Waals surface area contributed by atoms with Gasteiger partial charge < -0.3 is 9.64 Å². The van der Waals surface area contributed by atoms with Gasteiger partial charge in [0.25, 0.3) is 5.91 Å². The Balaban J connectivity index is 1.71. The molecular formula is C18H25NO2. The number of carbonyl (C=O) groups excluding carboxylic acids is 1. The largest absolute Gasteiger partial charge is 0.368 e. The van der Waals surface area contributed by atoms with Crippen LogP contribution in [0.1, 0.15) is 43.7 Å². The molecular weight excluding hydrogens is 262 g/mol. The van der Waals surface area contributed by atoms with Crippen molar-refractivity contribution in [2.24, 2.45) is 0 Å². The van der Waals surface area contributed by atoms with E-state index >= 15 is 0 Å². The minimum absolute atomic E-state index is 0.200. The number of rotatable bonds is 4. The van der Waals surface area contributed by atoms with Crippen molar-refractivity contribution in [3.05, 3.63) is 35.4 Å². The van der Waals surface area contributed by atoms with Crippen molar-refractivity contribution in [3.8, 4) is 0 Å². The molecule has 2 aliphatic rings. The molecule has 1 amide bonds. The zero-order valence-electron chi connectivity index (χ0n) is 12.9. The number of amides is 1. The molecule has 0 N–H and O–H groups in total. The van der Waals surface area contributed by atoms with Gasteiger partial charge in [0.2, 0.25) is 0 Å². The van der Waals surface area contributed by atoms with Crippen LogP contribution in [0.25, 0.3) is 0 Å². The van der Waals surface area contributed by atoms with Gasteiger partial charge in [0.1, 0.15) is 6.10 Å². The van der Waals surface area contributed by atoms with Crippen molar-refractivity contribution >= 4 is 5.91 Å². The van der Waals surface area contributed by atoms with E-state index in [1.54, 1.807) is 0 Å². The predicted octanol–water partition coefficient (Wildman–Crippen LogP) is 2.96. The first-order valence-electron chi connectivity index (χ1n) is 8.28. The summed E-state index contributed by atoms with van der Waals surface area (Å²) in [6.07, 6.45) is 5.88. The van der Waals surface area contributed by atoms with E-state index in [9.17, 15) is 4.79 Å². The van der Waals surface area contributed by atoms with Gasteiger partial charge in [-0.1, -0.05) is 31.2 Å².